The maximum atomic E-state index is 14.8. The lowest BCUT2D eigenvalue weighted by Crippen LogP contribution is -2.10. The van der Waals surface area contributed by atoms with E-state index in [9.17, 15) is 22.0 Å². The number of hydrogen-bond donors (Lipinski definition) is 2. The lowest BCUT2D eigenvalue weighted by Gasteiger charge is -2.11. The maximum Gasteiger partial charge on any atom is 0.417 e. The van der Waals surface area contributed by atoms with Gasteiger partial charge in [0.25, 0.3) is 0 Å². The van der Waals surface area contributed by atoms with Crippen LogP contribution in [0.15, 0.2) is 73.6 Å². The molecule has 1 aromatic carbocycles. The number of benzene rings is 1. The number of nitrogens with one attached hydrogen (secondary N) is 2. The van der Waals surface area contributed by atoms with Gasteiger partial charge >= 0.3 is 6.18 Å². The van der Waals surface area contributed by atoms with Gasteiger partial charge in [-0.25, -0.2) is 23.3 Å². The number of nitrogens with zero attached hydrogens (tertiary/aromatic N) is 5. The van der Waals surface area contributed by atoms with Crippen LogP contribution < -0.4 is 10.6 Å². The number of alkyl halides is 3. The van der Waals surface area contributed by atoms with Crippen molar-refractivity contribution in [3.8, 4) is 11.1 Å². The molecule has 0 amide bonds. The Labute approximate surface area is 207 Å². The second-order valence-electron chi connectivity index (χ2n) is 8.07. The molecule has 0 saturated heterocycles. The molecule has 0 saturated carbocycles. The Balaban J connectivity index is 1.26. The predicted molar refractivity (Wildman–Crippen MR) is 127 cm³/mol. The molecule has 5 rings (SSSR count). The van der Waals surface area contributed by atoms with Gasteiger partial charge in [0.05, 0.1) is 28.7 Å². The number of pyridine rings is 2. The zero-order valence-electron chi connectivity index (χ0n) is 19.0. The van der Waals surface area contributed by atoms with E-state index in [-0.39, 0.29) is 41.3 Å². The van der Waals surface area contributed by atoms with Crippen LogP contribution in [-0.2, 0) is 12.6 Å². The number of hydrogen-bond acceptors (Lipinski definition) is 6. The highest BCUT2D eigenvalue weighted by molar-refractivity contribution is 5.74. The fraction of sp³-hybridized carbons (Fsp3) is 0.120. The molecule has 5 aromatic rings. The zero-order valence-corrected chi connectivity index (χ0v) is 19.0. The Hall–Kier alpha value is -4.61. The molecule has 4 heterocycles. The standard InChI is InChI=1S/C25H18F5N7/c26-20-9-19(16-10-33-24(34-11-16)36-22-14-35-37-6-2-1-3-23(22)37)21(27)7-15(20)4-5-32-18-8-17(12-31-13-18)25(28,29)30/h1-3,6-14,32H,4-5H2,(H,33,34,36). The van der Waals surface area contributed by atoms with Gasteiger partial charge in [0, 0.05) is 48.7 Å². The average molecular weight is 511 g/mol. The summed E-state index contributed by atoms with van der Waals surface area (Å²) in [5.41, 5.74) is 1.06. The first kappa shape index (κ1) is 24.1. The van der Waals surface area contributed by atoms with E-state index in [0.717, 1.165) is 23.7 Å². The second-order valence-corrected chi connectivity index (χ2v) is 8.07. The first-order chi connectivity index (χ1) is 17.8. The molecule has 7 nitrogen and oxygen atoms in total. The lowest BCUT2D eigenvalue weighted by molar-refractivity contribution is -0.137. The van der Waals surface area contributed by atoms with Gasteiger partial charge in [0.1, 0.15) is 11.6 Å². The first-order valence-electron chi connectivity index (χ1n) is 11.0. The first-order valence-corrected chi connectivity index (χ1v) is 11.0. The molecule has 0 aliphatic rings. The van der Waals surface area contributed by atoms with Crippen molar-refractivity contribution in [1.82, 2.24) is 24.6 Å². The van der Waals surface area contributed by atoms with E-state index >= 15 is 0 Å². The van der Waals surface area contributed by atoms with E-state index in [4.69, 9.17) is 0 Å². The minimum absolute atomic E-state index is 0.0150. The van der Waals surface area contributed by atoms with Crippen LogP contribution in [0.4, 0.5) is 39.3 Å². The van der Waals surface area contributed by atoms with Crippen LogP contribution in [-0.4, -0.2) is 31.1 Å². The molecule has 2 N–H and O–H groups in total. The number of anilines is 3. The van der Waals surface area contributed by atoms with E-state index in [0.29, 0.717) is 11.9 Å². The summed E-state index contributed by atoms with van der Waals surface area (Å²) in [7, 11) is 0. The van der Waals surface area contributed by atoms with E-state index in [1.54, 1.807) is 16.9 Å². The minimum Gasteiger partial charge on any atom is -0.383 e. The van der Waals surface area contributed by atoms with Gasteiger partial charge in [-0.3, -0.25) is 4.98 Å². The summed E-state index contributed by atoms with van der Waals surface area (Å²) < 4.78 is 69.7. The van der Waals surface area contributed by atoms with Gasteiger partial charge in [-0.15, -0.1) is 0 Å². The molecular formula is C25H18F5N7. The normalized spacial score (nSPS) is 11.6. The average Bonchev–Trinajstić information content (AvgIpc) is 3.29. The Kier molecular flexibility index (Phi) is 6.38. The van der Waals surface area contributed by atoms with E-state index < -0.39 is 23.4 Å². The maximum absolute atomic E-state index is 14.8. The van der Waals surface area contributed by atoms with Crippen molar-refractivity contribution in [3.05, 3.63) is 96.3 Å². The highest BCUT2D eigenvalue weighted by Gasteiger charge is 2.31. The third-order valence-electron chi connectivity index (χ3n) is 5.56. The van der Waals surface area contributed by atoms with Gasteiger partial charge in [-0.1, -0.05) is 6.07 Å². The SMILES string of the molecule is Fc1cc(-c2cnc(Nc3cnn4ccccc34)nc2)c(F)cc1CCNc1cncc(C(F)(F)F)c1. The molecule has 0 radical (unpaired) electrons. The van der Waals surface area contributed by atoms with Crippen LogP contribution >= 0.6 is 0 Å². The topological polar surface area (TPSA) is 80.0 Å². The monoisotopic (exact) mass is 511 g/mol. The molecule has 188 valence electrons. The van der Waals surface area contributed by atoms with Crippen molar-refractivity contribution in [2.24, 2.45) is 0 Å². The van der Waals surface area contributed by atoms with E-state index in [1.165, 1.54) is 18.6 Å². The van der Waals surface area contributed by atoms with Crippen molar-refractivity contribution in [2.45, 2.75) is 12.6 Å². The summed E-state index contributed by atoms with van der Waals surface area (Å²) in [6.07, 6.45) is 3.62. The summed E-state index contributed by atoms with van der Waals surface area (Å²) in [5, 5.41) is 10.0. The molecule has 37 heavy (non-hydrogen) atoms. The van der Waals surface area contributed by atoms with Crippen molar-refractivity contribution >= 4 is 22.8 Å². The number of fused-ring (bicyclic) bond motifs is 1. The Morgan fingerprint density at radius 2 is 1.70 bits per heavy atom. The molecule has 0 fully saturated rings. The highest BCUT2D eigenvalue weighted by atomic mass is 19.4. The Morgan fingerprint density at radius 1 is 0.892 bits per heavy atom. The molecular weight excluding hydrogens is 493 g/mol. The largest absolute Gasteiger partial charge is 0.417 e. The number of rotatable bonds is 7. The Bertz CT molecular complexity index is 1550. The smallest absolute Gasteiger partial charge is 0.383 e. The van der Waals surface area contributed by atoms with Crippen LogP contribution in [0.2, 0.25) is 0 Å². The van der Waals surface area contributed by atoms with Gasteiger partial charge in [0.2, 0.25) is 5.95 Å². The fourth-order valence-corrected chi connectivity index (χ4v) is 3.72. The summed E-state index contributed by atoms with van der Waals surface area (Å²) in [6, 6.07) is 8.59. The van der Waals surface area contributed by atoms with Crippen molar-refractivity contribution in [3.63, 3.8) is 0 Å². The van der Waals surface area contributed by atoms with Crippen molar-refractivity contribution < 1.29 is 22.0 Å². The summed E-state index contributed by atoms with van der Waals surface area (Å²) >= 11 is 0. The van der Waals surface area contributed by atoms with Gasteiger partial charge in [-0.2, -0.15) is 18.3 Å². The minimum atomic E-state index is -4.53. The van der Waals surface area contributed by atoms with Crippen LogP contribution in [0.25, 0.3) is 16.6 Å². The molecule has 0 bridgehead atoms. The molecule has 0 atom stereocenters. The van der Waals surface area contributed by atoms with Crippen LogP contribution in [0.5, 0.6) is 0 Å². The Morgan fingerprint density at radius 3 is 2.49 bits per heavy atom. The number of aromatic nitrogens is 5. The van der Waals surface area contributed by atoms with Crippen molar-refractivity contribution in [1.29, 1.82) is 0 Å². The molecule has 0 unspecified atom stereocenters. The van der Waals surface area contributed by atoms with Crippen LogP contribution in [0.1, 0.15) is 11.1 Å². The number of halogens is 5. The highest BCUT2D eigenvalue weighted by Crippen LogP contribution is 2.30. The van der Waals surface area contributed by atoms with E-state index in [2.05, 4.69) is 30.7 Å². The molecule has 12 heteroatoms. The van der Waals surface area contributed by atoms with Gasteiger partial charge in [0.15, 0.2) is 0 Å². The summed E-state index contributed by atoms with van der Waals surface area (Å²) in [4.78, 5) is 11.9. The predicted octanol–water partition coefficient (Wildman–Crippen LogP) is 5.88. The molecule has 0 aliphatic heterocycles. The third kappa shape index (κ3) is 5.32. The van der Waals surface area contributed by atoms with E-state index in [1.807, 2.05) is 18.2 Å². The third-order valence-corrected chi connectivity index (χ3v) is 5.56. The van der Waals surface area contributed by atoms with Crippen LogP contribution in [0, 0.1) is 11.6 Å². The molecule has 0 aliphatic carbocycles. The second kappa shape index (κ2) is 9.80. The van der Waals surface area contributed by atoms with Gasteiger partial charge in [-0.05, 0) is 42.3 Å². The summed E-state index contributed by atoms with van der Waals surface area (Å²) in [6.45, 7) is 0.0751. The summed E-state index contributed by atoms with van der Waals surface area (Å²) in [5.74, 6) is -1.08. The molecule has 4 aromatic heterocycles. The zero-order chi connectivity index (χ0) is 26.0. The quantitative estimate of drug-likeness (QED) is 0.266. The van der Waals surface area contributed by atoms with Gasteiger partial charge < -0.3 is 10.6 Å². The molecule has 0 spiro atoms. The fourth-order valence-electron chi connectivity index (χ4n) is 3.72. The lowest BCUT2D eigenvalue weighted by atomic mass is 10.0. The van der Waals surface area contributed by atoms with Crippen molar-refractivity contribution in [2.75, 3.05) is 17.2 Å². The van der Waals surface area contributed by atoms with Crippen LogP contribution in [0.3, 0.4) is 0 Å².